The number of nitrogen functional groups attached to an aromatic ring is 1. The molecule has 0 saturated carbocycles. The number of benzene rings is 2. The molecule has 2 aromatic carbocycles. The first-order valence-electron chi connectivity index (χ1n) is 4.70. The van der Waals surface area contributed by atoms with E-state index in [1.807, 2.05) is 0 Å². The van der Waals surface area contributed by atoms with Crippen LogP contribution in [0.5, 0.6) is 0 Å². The third-order valence-corrected chi connectivity index (χ3v) is 2.37. The Hall–Kier alpha value is -2.04. The van der Waals surface area contributed by atoms with Crippen LogP contribution in [0, 0.1) is 23.3 Å². The maximum atomic E-state index is 13.6. The number of halogens is 4. The molecule has 2 N–H and O–H groups in total. The van der Waals surface area contributed by atoms with Crippen LogP contribution in [-0.2, 0) is 0 Å². The fourth-order valence-corrected chi connectivity index (χ4v) is 1.49. The summed E-state index contributed by atoms with van der Waals surface area (Å²) in [6.45, 7) is 0. The van der Waals surface area contributed by atoms with Crippen molar-refractivity contribution in [1.29, 1.82) is 0 Å². The molecule has 17 heavy (non-hydrogen) atoms. The molecule has 88 valence electrons. The first-order chi connectivity index (χ1) is 8.02. The first-order valence-corrected chi connectivity index (χ1v) is 4.70. The fourth-order valence-electron chi connectivity index (χ4n) is 1.49. The predicted molar refractivity (Wildman–Crippen MR) is 56.1 cm³/mol. The van der Waals surface area contributed by atoms with Crippen molar-refractivity contribution in [2.45, 2.75) is 0 Å². The average molecular weight is 241 g/mol. The molecule has 0 aromatic heterocycles. The van der Waals surface area contributed by atoms with E-state index in [4.69, 9.17) is 5.73 Å². The summed E-state index contributed by atoms with van der Waals surface area (Å²) in [4.78, 5) is 0. The van der Waals surface area contributed by atoms with Crippen molar-refractivity contribution in [2.75, 3.05) is 5.73 Å². The molecule has 0 aliphatic carbocycles. The van der Waals surface area contributed by atoms with Gasteiger partial charge in [-0.1, -0.05) is 12.1 Å². The number of anilines is 1. The lowest BCUT2D eigenvalue weighted by Crippen LogP contribution is -1.99. The highest BCUT2D eigenvalue weighted by Crippen LogP contribution is 2.30. The Labute approximate surface area is 94.5 Å². The van der Waals surface area contributed by atoms with Gasteiger partial charge < -0.3 is 5.73 Å². The Morgan fingerprint density at radius 2 is 1.35 bits per heavy atom. The van der Waals surface area contributed by atoms with Crippen LogP contribution in [-0.4, -0.2) is 0 Å². The molecule has 1 nitrogen and oxygen atoms in total. The van der Waals surface area contributed by atoms with E-state index < -0.39 is 29.0 Å². The van der Waals surface area contributed by atoms with E-state index in [0.717, 1.165) is 18.2 Å². The maximum absolute atomic E-state index is 13.6. The van der Waals surface area contributed by atoms with Crippen LogP contribution in [0.3, 0.4) is 0 Å². The molecular weight excluding hydrogens is 234 g/mol. The summed E-state index contributed by atoms with van der Waals surface area (Å²) in [6, 6.07) is 5.24. The van der Waals surface area contributed by atoms with Gasteiger partial charge in [0.2, 0.25) is 0 Å². The molecule has 0 aliphatic rings. The average Bonchev–Trinajstić information content (AvgIpc) is 2.31. The predicted octanol–water partition coefficient (Wildman–Crippen LogP) is 3.49. The van der Waals surface area contributed by atoms with Crippen LogP contribution >= 0.6 is 0 Å². The molecule has 0 aliphatic heterocycles. The van der Waals surface area contributed by atoms with E-state index in [-0.39, 0.29) is 11.1 Å². The van der Waals surface area contributed by atoms with E-state index in [0.29, 0.717) is 0 Å². The number of hydrogen-bond acceptors (Lipinski definition) is 1. The molecule has 0 amide bonds. The molecule has 2 rings (SSSR count). The van der Waals surface area contributed by atoms with Gasteiger partial charge in [0, 0.05) is 11.1 Å². The van der Waals surface area contributed by atoms with Crippen LogP contribution in [0.4, 0.5) is 23.2 Å². The Balaban J connectivity index is 2.69. The van der Waals surface area contributed by atoms with Crippen LogP contribution in [0.2, 0.25) is 0 Å². The van der Waals surface area contributed by atoms with Crippen molar-refractivity contribution in [2.24, 2.45) is 0 Å². The van der Waals surface area contributed by atoms with Gasteiger partial charge in [-0.05, 0) is 18.2 Å². The van der Waals surface area contributed by atoms with Crippen molar-refractivity contribution < 1.29 is 17.6 Å². The van der Waals surface area contributed by atoms with Gasteiger partial charge in [0.15, 0.2) is 17.5 Å². The van der Waals surface area contributed by atoms with Gasteiger partial charge in [-0.15, -0.1) is 0 Å². The number of rotatable bonds is 1. The Morgan fingerprint density at radius 1 is 0.706 bits per heavy atom. The molecule has 0 heterocycles. The minimum Gasteiger partial charge on any atom is -0.394 e. The van der Waals surface area contributed by atoms with Gasteiger partial charge in [0.25, 0.3) is 0 Å². The minimum absolute atomic E-state index is 0.277. The zero-order valence-corrected chi connectivity index (χ0v) is 8.48. The van der Waals surface area contributed by atoms with Crippen LogP contribution in [0.25, 0.3) is 11.1 Å². The SMILES string of the molecule is Nc1c(F)ccc(-c2cccc(F)c2F)c1F. The molecule has 0 fully saturated rings. The van der Waals surface area contributed by atoms with Gasteiger partial charge >= 0.3 is 0 Å². The zero-order chi connectivity index (χ0) is 12.6. The molecule has 0 bridgehead atoms. The third-order valence-electron chi connectivity index (χ3n) is 2.37. The van der Waals surface area contributed by atoms with E-state index in [9.17, 15) is 17.6 Å². The largest absolute Gasteiger partial charge is 0.394 e. The topological polar surface area (TPSA) is 26.0 Å². The van der Waals surface area contributed by atoms with E-state index in [1.165, 1.54) is 12.1 Å². The number of hydrogen-bond donors (Lipinski definition) is 1. The zero-order valence-electron chi connectivity index (χ0n) is 8.48. The summed E-state index contributed by atoms with van der Waals surface area (Å²) in [5, 5.41) is 0. The minimum atomic E-state index is -1.20. The highest BCUT2D eigenvalue weighted by atomic mass is 19.2. The van der Waals surface area contributed by atoms with Crippen LogP contribution in [0.1, 0.15) is 0 Å². The van der Waals surface area contributed by atoms with Crippen molar-refractivity contribution in [3.05, 3.63) is 53.6 Å². The second kappa shape index (κ2) is 4.08. The summed E-state index contributed by atoms with van der Waals surface area (Å²) in [6.07, 6.45) is 0. The second-order valence-corrected chi connectivity index (χ2v) is 3.42. The summed E-state index contributed by atoms with van der Waals surface area (Å²) < 4.78 is 52.9. The molecule has 5 heteroatoms. The monoisotopic (exact) mass is 241 g/mol. The number of nitrogens with two attached hydrogens (primary N) is 1. The highest BCUT2D eigenvalue weighted by Gasteiger charge is 2.16. The molecule has 0 unspecified atom stereocenters. The van der Waals surface area contributed by atoms with Gasteiger partial charge in [-0.25, -0.2) is 17.6 Å². The van der Waals surface area contributed by atoms with Crippen molar-refractivity contribution in [3.8, 4) is 11.1 Å². The second-order valence-electron chi connectivity index (χ2n) is 3.42. The summed E-state index contributed by atoms with van der Waals surface area (Å²) in [7, 11) is 0. The van der Waals surface area contributed by atoms with Crippen molar-refractivity contribution in [1.82, 2.24) is 0 Å². The normalized spacial score (nSPS) is 10.6. The van der Waals surface area contributed by atoms with Crippen molar-refractivity contribution >= 4 is 5.69 Å². The lowest BCUT2D eigenvalue weighted by molar-refractivity contribution is 0.510. The first kappa shape index (κ1) is 11.4. The van der Waals surface area contributed by atoms with Gasteiger partial charge in [-0.2, -0.15) is 0 Å². The van der Waals surface area contributed by atoms with E-state index >= 15 is 0 Å². The third kappa shape index (κ3) is 1.84. The van der Waals surface area contributed by atoms with E-state index in [1.54, 1.807) is 0 Å². The molecule has 0 atom stereocenters. The van der Waals surface area contributed by atoms with Crippen LogP contribution < -0.4 is 5.73 Å². The van der Waals surface area contributed by atoms with Gasteiger partial charge in [0.05, 0.1) is 0 Å². The Bertz CT molecular complexity index is 581. The fraction of sp³-hybridized carbons (Fsp3) is 0. The Kier molecular flexibility index (Phi) is 2.75. The van der Waals surface area contributed by atoms with Gasteiger partial charge in [-0.3, -0.25) is 0 Å². The van der Waals surface area contributed by atoms with Gasteiger partial charge in [0.1, 0.15) is 11.5 Å². The van der Waals surface area contributed by atoms with E-state index in [2.05, 4.69) is 0 Å². The molecule has 0 radical (unpaired) electrons. The molecule has 0 saturated heterocycles. The lowest BCUT2D eigenvalue weighted by atomic mass is 10.0. The highest BCUT2D eigenvalue weighted by molar-refractivity contribution is 5.69. The lowest BCUT2D eigenvalue weighted by Gasteiger charge is -2.07. The summed E-state index contributed by atoms with van der Waals surface area (Å²) in [5.41, 5.74) is 3.85. The molecular formula is C12H7F4N. The maximum Gasteiger partial charge on any atom is 0.166 e. The molecule has 2 aromatic rings. The van der Waals surface area contributed by atoms with Crippen molar-refractivity contribution in [3.63, 3.8) is 0 Å². The summed E-state index contributed by atoms with van der Waals surface area (Å²) >= 11 is 0. The Morgan fingerprint density at radius 3 is 2.06 bits per heavy atom. The molecule has 0 spiro atoms. The smallest absolute Gasteiger partial charge is 0.166 e. The quantitative estimate of drug-likeness (QED) is 0.600. The summed E-state index contributed by atoms with van der Waals surface area (Å²) in [5.74, 6) is -4.35. The standard InChI is InChI=1S/C12H7F4N/c13-8-3-1-2-6(10(8)15)7-4-5-9(14)12(17)11(7)16/h1-5H,17H2. The van der Waals surface area contributed by atoms with Crippen LogP contribution in [0.15, 0.2) is 30.3 Å².